The Morgan fingerprint density at radius 1 is 1.11 bits per heavy atom. The number of aromatic nitrogens is 2. The predicted octanol–water partition coefficient (Wildman–Crippen LogP) is 4.93. The number of ether oxygens (including phenoxy) is 1. The number of esters is 1. The van der Waals surface area contributed by atoms with Gasteiger partial charge >= 0.3 is 5.97 Å². The molecule has 3 aromatic rings. The molecule has 0 aliphatic heterocycles. The molecule has 0 aliphatic rings. The zero-order valence-corrected chi connectivity index (χ0v) is 15.1. The average Bonchev–Trinajstić information content (AvgIpc) is 2.66. The van der Waals surface area contributed by atoms with E-state index in [1.807, 2.05) is 0 Å². The molecule has 0 saturated heterocycles. The summed E-state index contributed by atoms with van der Waals surface area (Å²) in [4.78, 5) is 20.2. The van der Waals surface area contributed by atoms with E-state index in [-0.39, 0.29) is 11.0 Å². The molecule has 1 aromatic heterocycles. The van der Waals surface area contributed by atoms with Gasteiger partial charge in [-0.25, -0.2) is 14.2 Å². The first kappa shape index (κ1) is 18.6. The smallest absolute Gasteiger partial charge is 0.338 e. The van der Waals surface area contributed by atoms with Crippen LogP contribution in [0.2, 0.25) is 5.02 Å². The normalized spacial score (nSPS) is 10.3. The quantitative estimate of drug-likeness (QED) is 0.585. The van der Waals surface area contributed by atoms with E-state index in [1.54, 1.807) is 49.5 Å². The van der Waals surface area contributed by atoms with Gasteiger partial charge in [0.1, 0.15) is 11.6 Å². The van der Waals surface area contributed by atoms with Crippen LogP contribution in [0.5, 0.6) is 0 Å². The van der Waals surface area contributed by atoms with Gasteiger partial charge in [-0.1, -0.05) is 11.6 Å². The molecule has 0 fully saturated rings. The molecule has 8 heteroatoms. The number of anilines is 4. The Labute approximate surface area is 160 Å². The maximum atomic E-state index is 13.2. The first-order valence-corrected chi connectivity index (χ1v) is 8.52. The summed E-state index contributed by atoms with van der Waals surface area (Å²) in [5.74, 6) is 0.0124. The first-order valence-electron chi connectivity index (χ1n) is 8.14. The molecular formula is C19H16ClFN4O2. The van der Waals surface area contributed by atoms with Crippen molar-refractivity contribution in [2.45, 2.75) is 6.92 Å². The molecule has 2 N–H and O–H groups in total. The fourth-order valence-electron chi connectivity index (χ4n) is 2.24. The van der Waals surface area contributed by atoms with E-state index in [4.69, 9.17) is 16.3 Å². The maximum Gasteiger partial charge on any atom is 0.338 e. The molecule has 2 aromatic carbocycles. The summed E-state index contributed by atoms with van der Waals surface area (Å²) < 4.78 is 18.2. The zero-order chi connectivity index (χ0) is 19.2. The lowest BCUT2D eigenvalue weighted by Gasteiger charge is -2.09. The summed E-state index contributed by atoms with van der Waals surface area (Å²) in [5.41, 5.74) is 1.78. The molecule has 0 radical (unpaired) electrons. The lowest BCUT2D eigenvalue weighted by Crippen LogP contribution is -2.05. The monoisotopic (exact) mass is 386 g/mol. The van der Waals surface area contributed by atoms with Gasteiger partial charge in [-0.3, -0.25) is 0 Å². The molecule has 0 atom stereocenters. The molecule has 6 nitrogen and oxygen atoms in total. The minimum absolute atomic E-state index is 0.0223. The maximum absolute atomic E-state index is 13.2. The largest absolute Gasteiger partial charge is 0.462 e. The van der Waals surface area contributed by atoms with Crippen molar-refractivity contribution in [3.63, 3.8) is 0 Å². The molecule has 0 spiro atoms. The number of rotatable bonds is 6. The van der Waals surface area contributed by atoms with E-state index in [0.29, 0.717) is 35.3 Å². The highest BCUT2D eigenvalue weighted by Crippen LogP contribution is 2.22. The molecule has 0 aliphatic carbocycles. The van der Waals surface area contributed by atoms with Crippen LogP contribution >= 0.6 is 11.6 Å². The van der Waals surface area contributed by atoms with Crippen molar-refractivity contribution < 1.29 is 13.9 Å². The summed E-state index contributed by atoms with van der Waals surface area (Å²) in [7, 11) is 0. The lowest BCUT2D eigenvalue weighted by atomic mass is 10.2. The number of hydrogen-bond acceptors (Lipinski definition) is 6. The van der Waals surface area contributed by atoms with E-state index >= 15 is 0 Å². The number of nitrogens with one attached hydrogen (secondary N) is 2. The van der Waals surface area contributed by atoms with Gasteiger partial charge in [0.15, 0.2) is 0 Å². The number of hydrogen-bond donors (Lipinski definition) is 2. The van der Waals surface area contributed by atoms with Gasteiger partial charge in [0.05, 0.1) is 17.2 Å². The van der Waals surface area contributed by atoms with Gasteiger partial charge in [0.25, 0.3) is 0 Å². The van der Waals surface area contributed by atoms with Gasteiger partial charge in [-0.05, 0) is 55.5 Å². The Morgan fingerprint density at radius 2 is 1.85 bits per heavy atom. The van der Waals surface area contributed by atoms with Crippen molar-refractivity contribution in [1.29, 1.82) is 0 Å². The predicted molar refractivity (Wildman–Crippen MR) is 102 cm³/mol. The van der Waals surface area contributed by atoms with Crippen molar-refractivity contribution >= 4 is 40.7 Å². The van der Waals surface area contributed by atoms with Crippen LogP contribution in [0.3, 0.4) is 0 Å². The van der Waals surface area contributed by atoms with Crippen LogP contribution < -0.4 is 10.6 Å². The minimum atomic E-state index is -0.487. The highest BCUT2D eigenvalue weighted by Gasteiger charge is 2.07. The van der Waals surface area contributed by atoms with Crippen LogP contribution in [0.1, 0.15) is 17.3 Å². The summed E-state index contributed by atoms with van der Waals surface area (Å²) in [6.45, 7) is 2.08. The number of carbonyl (C=O) groups excluding carboxylic acids is 1. The second-order valence-electron chi connectivity index (χ2n) is 5.44. The number of halogens is 2. The number of nitrogens with zero attached hydrogens (tertiary/aromatic N) is 2. The van der Waals surface area contributed by atoms with Crippen LogP contribution in [0.4, 0.5) is 27.5 Å². The van der Waals surface area contributed by atoms with E-state index < -0.39 is 5.82 Å². The second-order valence-corrected chi connectivity index (χ2v) is 5.85. The van der Waals surface area contributed by atoms with Crippen molar-refractivity contribution in [1.82, 2.24) is 9.97 Å². The summed E-state index contributed by atoms with van der Waals surface area (Å²) >= 11 is 5.78. The van der Waals surface area contributed by atoms with Gasteiger partial charge in [0, 0.05) is 17.6 Å². The molecular weight excluding hydrogens is 371 g/mol. The molecule has 0 unspecified atom stereocenters. The molecule has 0 bridgehead atoms. The standard InChI is InChI=1S/C19H16ClFN4O2/c1-2-27-18(26)12-3-5-13(6-4-12)24-19-22-10-9-17(25-19)23-14-7-8-16(21)15(20)11-14/h3-11H,2H2,1H3,(H2,22,23,24,25). The Kier molecular flexibility index (Phi) is 5.83. The van der Waals surface area contributed by atoms with E-state index in [2.05, 4.69) is 20.6 Å². The highest BCUT2D eigenvalue weighted by molar-refractivity contribution is 6.31. The van der Waals surface area contributed by atoms with Crippen molar-refractivity contribution in [2.24, 2.45) is 0 Å². The van der Waals surface area contributed by atoms with Gasteiger partial charge in [-0.15, -0.1) is 0 Å². The SMILES string of the molecule is CCOC(=O)c1ccc(Nc2nccc(Nc3ccc(F)c(Cl)c3)n2)cc1. The molecule has 3 rings (SSSR count). The number of carbonyl (C=O) groups is 1. The van der Waals surface area contributed by atoms with Crippen molar-refractivity contribution in [3.8, 4) is 0 Å². The summed E-state index contributed by atoms with van der Waals surface area (Å²) in [5, 5.41) is 6.10. The zero-order valence-electron chi connectivity index (χ0n) is 14.4. The second kappa shape index (κ2) is 8.46. The average molecular weight is 387 g/mol. The Bertz CT molecular complexity index is 951. The molecule has 27 heavy (non-hydrogen) atoms. The highest BCUT2D eigenvalue weighted by atomic mass is 35.5. The third-order valence-corrected chi connectivity index (χ3v) is 3.79. The molecule has 0 amide bonds. The third-order valence-electron chi connectivity index (χ3n) is 3.50. The van der Waals surface area contributed by atoms with Crippen LogP contribution in [0, 0.1) is 5.82 Å². The summed E-state index contributed by atoms with van der Waals surface area (Å²) in [6.07, 6.45) is 1.58. The fraction of sp³-hybridized carbons (Fsp3) is 0.105. The topological polar surface area (TPSA) is 76.1 Å². The van der Waals surface area contributed by atoms with Crippen molar-refractivity contribution in [2.75, 3.05) is 17.2 Å². The van der Waals surface area contributed by atoms with E-state index in [9.17, 15) is 9.18 Å². The minimum Gasteiger partial charge on any atom is -0.462 e. The van der Waals surface area contributed by atoms with Crippen LogP contribution in [-0.4, -0.2) is 22.5 Å². The Balaban J connectivity index is 1.70. The molecule has 0 saturated carbocycles. The molecule has 138 valence electrons. The van der Waals surface area contributed by atoms with E-state index in [0.717, 1.165) is 0 Å². The van der Waals surface area contributed by atoms with Crippen LogP contribution in [-0.2, 0) is 4.74 Å². The fourth-order valence-corrected chi connectivity index (χ4v) is 2.42. The van der Waals surface area contributed by atoms with Crippen molar-refractivity contribution in [3.05, 3.63) is 71.1 Å². The van der Waals surface area contributed by atoms with Gasteiger partial charge < -0.3 is 15.4 Å². The van der Waals surface area contributed by atoms with Gasteiger partial charge in [-0.2, -0.15) is 4.98 Å². The summed E-state index contributed by atoms with van der Waals surface area (Å²) in [6, 6.07) is 12.8. The van der Waals surface area contributed by atoms with Crippen LogP contribution in [0.25, 0.3) is 0 Å². The Hall–Kier alpha value is -3.19. The third kappa shape index (κ3) is 4.92. The van der Waals surface area contributed by atoms with E-state index in [1.165, 1.54) is 12.1 Å². The first-order chi connectivity index (χ1) is 13.0. The lowest BCUT2D eigenvalue weighted by molar-refractivity contribution is 0.0526. The van der Waals surface area contributed by atoms with Crippen LogP contribution in [0.15, 0.2) is 54.7 Å². The van der Waals surface area contributed by atoms with Gasteiger partial charge in [0.2, 0.25) is 5.95 Å². The Morgan fingerprint density at radius 3 is 2.56 bits per heavy atom. The number of benzene rings is 2. The molecule has 1 heterocycles.